The van der Waals surface area contributed by atoms with Crippen molar-refractivity contribution in [1.29, 1.82) is 0 Å². The number of hydrogen-bond acceptors (Lipinski definition) is 4. The first kappa shape index (κ1) is 18.5. The van der Waals surface area contributed by atoms with E-state index in [1.54, 1.807) is 24.3 Å². The van der Waals surface area contributed by atoms with Gasteiger partial charge in [-0.2, -0.15) is 0 Å². The number of methoxy groups -OCH3 is 1. The highest BCUT2D eigenvalue weighted by Crippen LogP contribution is 2.26. The van der Waals surface area contributed by atoms with Gasteiger partial charge in [-0.05, 0) is 37.0 Å². The fourth-order valence-electron chi connectivity index (χ4n) is 2.78. The molecule has 1 aromatic rings. The molecule has 3 N–H and O–H groups in total. The van der Waals surface area contributed by atoms with E-state index in [2.05, 4.69) is 10.1 Å². The molecule has 0 aromatic heterocycles. The second-order valence-corrected chi connectivity index (χ2v) is 5.53. The molecular weight excluding hydrogens is 304 g/mol. The highest BCUT2D eigenvalue weighted by molar-refractivity contribution is 5.94. The summed E-state index contributed by atoms with van der Waals surface area (Å²) in [6.45, 7) is 0. The molecule has 2 unspecified atom stereocenters. The first-order valence-electron chi connectivity index (χ1n) is 7.34. The number of esters is 1. The summed E-state index contributed by atoms with van der Waals surface area (Å²) in [6, 6.07) is 6.86. The molecule has 1 fully saturated rings. The highest BCUT2D eigenvalue weighted by atomic mass is 35.5. The molecule has 1 aromatic carbocycles. The van der Waals surface area contributed by atoms with Crippen LogP contribution in [0.4, 0.5) is 5.69 Å². The van der Waals surface area contributed by atoms with Gasteiger partial charge in [-0.3, -0.25) is 4.79 Å². The van der Waals surface area contributed by atoms with Gasteiger partial charge in [-0.1, -0.05) is 18.9 Å². The SMILES string of the molecule is COC(=O)c1cccc(NC(=O)CC2CCCCC2N)c1.Cl. The number of carbonyl (C=O) groups excluding carboxylic acids is 2. The molecule has 122 valence electrons. The third kappa shape index (κ3) is 5.00. The van der Waals surface area contributed by atoms with Crippen molar-refractivity contribution < 1.29 is 14.3 Å². The van der Waals surface area contributed by atoms with Crippen molar-refractivity contribution in [2.75, 3.05) is 12.4 Å². The third-order valence-corrected chi connectivity index (χ3v) is 3.98. The van der Waals surface area contributed by atoms with E-state index in [-0.39, 0.29) is 30.3 Å². The zero-order valence-electron chi connectivity index (χ0n) is 12.7. The number of ether oxygens (including phenoxy) is 1. The third-order valence-electron chi connectivity index (χ3n) is 3.98. The molecule has 1 aliphatic rings. The van der Waals surface area contributed by atoms with E-state index in [9.17, 15) is 9.59 Å². The standard InChI is InChI=1S/C16H22N2O3.ClH/c1-21-16(20)12-6-4-7-13(9-12)18-15(19)10-11-5-2-3-8-14(11)17;/h4,6-7,9,11,14H,2-3,5,8,10,17H2,1H3,(H,18,19);1H. The Hall–Kier alpha value is -1.59. The molecule has 0 spiro atoms. The van der Waals surface area contributed by atoms with Gasteiger partial charge >= 0.3 is 5.97 Å². The Morgan fingerprint density at radius 3 is 2.73 bits per heavy atom. The Morgan fingerprint density at radius 1 is 1.32 bits per heavy atom. The van der Waals surface area contributed by atoms with Crippen molar-refractivity contribution >= 4 is 30.0 Å². The molecule has 6 heteroatoms. The van der Waals surface area contributed by atoms with Crippen molar-refractivity contribution in [3.63, 3.8) is 0 Å². The highest BCUT2D eigenvalue weighted by Gasteiger charge is 2.24. The van der Waals surface area contributed by atoms with E-state index in [1.165, 1.54) is 7.11 Å². The maximum Gasteiger partial charge on any atom is 0.337 e. The van der Waals surface area contributed by atoms with Crippen LogP contribution >= 0.6 is 12.4 Å². The second kappa shape index (κ2) is 8.76. The van der Waals surface area contributed by atoms with Crippen LogP contribution in [-0.2, 0) is 9.53 Å². The van der Waals surface area contributed by atoms with E-state index in [0.29, 0.717) is 17.7 Å². The number of rotatable bonds is 4. The Bertz CT molecular complexity index is 522. The predicted octanol–water partition coefficient (Wildman–Crippen LogP) is 2.74. The van der Waals surface area contributed by atoms with Gasteiger partial charge in [0.15, 0.2) is 0 Å². The number of halogens is 1. The largest absolute Gasteiger partial charge is 0.465 e. The summed E-state index contributed by atoms with van der Waals surface area (Å²) >= 11 is 0. The molecule has 0 heterocycles. The lowest BCUT2D eigenvalue weighted by Crippen LogP contribution is -2.35. The molecule has 0 aliphatic heterocycles. The van der Waals surface area contributed by atoms with E-state index in [1.807, 2.05) is 0 Å². The molecule has 5 nitrogen and oxygen atoms in total. The van der Waals surface area contributed by atoms with Gasteiger partial charge in [0.1, 0.15) is 0 Å². The summed E-state index contributed by atoms with van der Waals surface area (Å²) in [6.07, 6.45) is 4.74. The monoisotopic (exact) mass is 326 g/mol. The van der Waals surface area contributed by atoms with Crippen LogP contribution in [0.5, 0.6) is 0 Å². The molecule has 22 heavy (non-hydrogen) atoms. The van der Waals surface area contributed by atoms with E-state index in [0.717, 1.165) is 25.7 Å². The lowest BCUT2D eigenvalue weighted by molar-refractivity contribution is -0.117. The van der Waals surface area contributed by atoms with Crippen molar-refractivity contribution in [2.24, 2.45) is 11.7 Å². The fourth-order valence-corrected chi connectivity index (χ4v) is 2.78. The number of benzene rings is 1. The van der Waals surface area contributed by atoms with Crippen LogP contribution in [0.15, 0.2) is 24.3 Å². The summed E-state index contributed by atoms with van der Waals surface area (Å²) in [5, 5.41) is 2.83. The number of nitrogens with one attached hydrogen (secondary N) is 1. The van der Waals surface area contributed by atoms with Gasteiger partial charge in [0.25, 0.3) is 0 Å². The van der Waals surface area contributed by atoms with Gasteiger partial charge < -0.3 is 15.8 Å². The summed E-state index contributed by atoms with van der Waals surface area (Å²) in [4.78, 5) is 23.6. The van der Waals surface area contributed by atoms with Gasteiger partial charge in [0, 0.05) is 18.2 Å². The minimum atomic E-state index is -0.416. The van der Waals surface area contributed by atoms with Gasteiger partial charge in [0.2, 0.25) is 5.91 Å². The van der Waals surface area contributed by atoms with Gasteiger partial charge in [-0.25, -0.2) is 4.79 Å². The van der Waals surface area contributed by atoms with Crippen molar-refractivity contribution in [2.45, 2.75) is 38.1 Å². The predicted molar refractivity (Wildman–Crippen MR) is 88.2 cm³/mol. The number of hydrogen-bond donors (Lipinski definition) is 2. The number of nitrogens with two attached hydrogens (primary N) is 1. The normalized spacial score (nSPS) is 20.6. The van der Waals surface area contributed by atoms with Gasteiger partial charge in [0.05, 0.1) is 12.7 Å². The zero-order valence-corrected chi connectivity index (χ0v) is 13.5. The molecule has 1 aliphatic carbocycles. The lowest BCUT2D eigenvalue weighted by Gasteiger charge is -2.27. The summed E-state index contributed by atoms with van der Waals surface area (Å²) in [7, 11) is 1.33. The van der Waals surface area contributed by atoms with Crippen LogP contribution in [0, 0.1) is 5.92 Å². The number of anilines is 1. The average Bonchev–Trinajstić information content (AvgIpc) is 2.49. The molecule has 0 bridgehead atoms. The summed E-state index contributed by atoms with van der Waals surface area (Å²) in [5.74, 6) is -0.220. The Labute approximate surface area is 137 Å². The molecule has 0 radical (unpaired) electrons. The van der Waals surface area contributed by atoms with Crippen LogP contribution in [-0.4, -0.2) is 25.0 Å². The molecular formula is C16H23ClN2O3. The lowest BCUT2D eigenvalue weighted by atomic mass is 9.83. The molecule has 2 atom stereocenters. The fraction of sp³-hybridized carbons (Fsp3) is 0.500. The van der Waals surface area contributed by atoms with E-state index >= 15 is 0 Å². The second-order valence-electron chi connectivity index (χ2n) is 5.53. The molecule has 0 saturated heterocycles. The quantitative estimate of drug-likeness (QED) is 0.834. The van der Waals surface area contributed by atoms with Crippen LogP contribution in [0.1, 0.15) is 42.5 Å². The van der Waals surface area contributed by atoms with Crippen molar-refractivity contribution in [3.8, 4) is 0 Å². The zero-order chi connectivity index (χ0) is 15.2. The maximum atomic E-state index is 12.1. The van der Waals surface area contributed by atoms with Crippen LogP contribution < -0.4 is 11.1 Å². The summed E-state index contributed by atoms with van der Waals surface area (Å²) < 4.78 is 4.66. The van der Waals surface area contributed by atoms with Crippen LogP contribution in [0.3, 0.4) is 0 Å². The molecule has 1 saturated carbocycles. The van der Waals surface area contributed by atoms with E-state index in [4.69, 9.17) is 5.73 Å². The van der Waals surface area contributed by atoms with E-state index < -0.39 is 5.97 Å². The molecule has 2 rings (SSSR count). The Balaban J connectivity index is 0.00000242. The van der Waals surface area contributed by atoms with Crippen molar-refractivity contribution in [1.82, 2.24) is 0 Å². The van der Waals surface area contributed by atoms with Gasteiger partial charge in [-0.15, -0.1) is 12.4 Å². The maximum absolute atomic E-state index is 12.1. The molecule has 1 amide bonds. The first-order valence-corrected chi connectivity index (χ1v) is 7.34. The minimum absolute atomic E-state index is 0. The first-order chi connectivity index (χ1) is 10.1. The topological polar surface area (TPSA) is 81.4 Å². The number of carbonyl (C=O) groups is 2. The van der Waals surface area contributed by atoms with Crippen LogP contribution in [0.25, 0.3) is 0 Å². The smallest absolute Gasteiger partial charge is 0.337 e. The van der Waals surface area contributed by atoms with Crippen LogP contribution in [0.2, 0.25) is 0 Å². The van der Waals surface area contributed by atoms with Crippen molar-refractivity contribution in [3.05, 3.63) is 29.8 Å². The average molecular weight is 327 g/mol. The minimum Gasteiger partial charge on any atom is -0.465 e. The Kier molecular flexibility index (Phi) is 7.35. The number of amides is 1. The summed E-state index contributed by atoms with van der Waals surface area (Å²) in [5.41, 5.74) is 7.09. The Morgan fingerprint density at radius 2 is 2.05 bits per heavy atom.